The van der Waals surface area contributed by atoms with Crippen molar-refractivity contribution in [3.05, 3.63) is 58.6 Å². The molecule has 1 amide bonds. The van der Waals surface area contributed by atoms with E-state index in [4.69, 9.17) is 4.98 Å². The molecule has 4 aromatic rings. The first-order valence-corrected chi connectivity index (χ1v) is 12.5. The summed E-state index contributed by atoms with van der Waals surface area (Å²) in [6, 6.07) is 16.5. The summed E-state index contributed by atoms with van der Waals surface area (Å²) in [4.78, 5) is 19.6. The zero-order valence-corrected chi connectivity index (χ0v) is 20.9. The fourth-order valence-corrected chi connectivity index (χ4v) is 5.01. The molecule has 0 saturated heterocycles. The summed E-state index contributed by atoms with van der Waals surface area (Å²) in [5.41, 5.74) is 3.81. The summed E-state index contributed by atoms with van der Waals surface area (Å²) in [5.74, 6) is 0.126. The molecule has 6 nitrogen and oxygen atoms in total. The van der Waals surface area contributed by atoms with Gasteiger partial charge in [-0.25, -0.2) is 4.98 Å². The number of rotatable bonds is 8. The van der Waals surface area contributed by atoms with Gasteiger partial charge in [0.25, 0.3) is 0 Å². The van der Waals surface area contributed by atoms with Gasteiger partial charge in [-0.1, -0.05) is 64.9 Å². The first-order chi connectivity index (χ1) is 15.5. The molecule has 1 unspecified atom stereocenters. The molecule has 0 aliphatic heterocycles. The number of thioether (sulfide) groups is 1. The van der Waals surface area contributed by atoms with Gasteiger partial charge in [-0.15, -0.1) is 10.2 Å². The molecule has 166 valence electrons. The smallest absolute Gasteiger partial charge is 0.236 e. The minimum Gasteiger partial charge on any atom is -0.342 e. The molecule has 0 radical (unpaired) electrons. The van der Waals surface area contributed by atoms with Crippen LogP contribution in [0.3, 0.4) is 0 Å². The van der Waals surface area contributed by atoms with Crippen LogP contribution in [0.15, 0.2) is 58.2 Å². The Balaban J connectivity index is 1.74. The number of fused-ring (bicyclic) bond motifs is 3. The number of amides is 1. The van der Waals surface area contributed by atoms with Crippen molar-refractivity contribution in [2.24, 2.45) is 0 Å². The Morgan fingerprint density at radius 2 is 1.78 bits per heavy atom. The van der Waals surface area contributed by atoms with Crippen LogP contribution < -0.4 is 0 Å². The maximum atomic E-state index is 12.9. The van der Waals surface area contributed by atoms with Gasteiger partial charge in [0.2, 0.25) is 11.1 Å². The Kier molecular flexibility index (Phi) is 7.10. The van der Waals surface area contributed by atoms with Crippen molar-refractivity contribution in [2.75, 3.05) is 13.1 Å². The summed E-state index contributed by atoms with van der Waals surface area (Å²) >= 11 is 4.91. The minimum atomic E-state index is -0.224. The lowest BCUT2D eigenvalue weighted by Crippen LogP contribution is -2.37. The van der Waals surface area contributed by atoms with Gasteiger partial charge in [0.05, 0.1) is 10.8 Å². The van der Waals surface area contributed by atoms with Crippen molar-refractivity contribution >= 4 is 55.7 Å². The molecule has 4 rings (SSSR count). The molecule has 0 aliphatic carbocycles. The lowest BCUT2D eigenvalue weighted by Gasteiger charge is -2.23. The largest absolute Gasteiger partial charge is 0.342 e. The standard InChI is InChI=1S/C24H26BrN5OS/c1-4-20(23(31)29(5-2)6-3)32-24-26-22-21(27-28-24)18-9-7-8-10-19(18)30(22)15-16-11-13-17(25)14-12-16/h7-14,20H,4-6,15H2,1-3H3. The molecule has 0 spiro atoms. The molecule has 0 aliphatic rings. The van der Waals surface area contributed by atoms with E-state index in [-0.39, 0.29) is 11.2 Å². The molecular formula is C24H26BrN5OS. The van der Waals surface area contributed by atoms with E-state index in [0.29, 0.717) is 31.2 Å². The fourth-order valence-electron chi connectivity index (χ4n) is 3.85. The second kappa shape index (κ2) is 10.0. The van der Waals surface area contributed by atoms with Gasteiger partial charge >= 0.3 is 0 Å². The molecule has 2 heterocycles. The fraction of sp³-hybridized carbons (Fsp3) is 0.333. The van der Waals surface area contributed by atoms with Crippen LogP contribution in [0.2, 0.25) is 0 Å². The highest BCUT2D eigenvalue weighted by atomic mass is 79.9. The average molecular weight is 512 g/mol. The van der Waals surface area contributed by atoms with Crippen LogP contribution in [0, 0.1) is 0 Å². The number of hydrogen-bond donors (Lipinski definition) is 0. The Morgan fingerprint density at radius 1 is 1.06 bits per heavy atom. The van der Waals surface area contributed by atoms with E-state index in [1.165, 1.54) is 17.3 Å². The van der Waals surface area contributed by atoms with E-state index in [1.807, 2.05) is 49.9 Å². The molecule has 2 aromatic carbocycles. The zero-order chi connectivity index (χ0) is 22.7. The van der Waals surface area contributed by atoms with Crippen LogP contribution in [0.4, 0.5) is 0 Å². The van der Waals surface area contributed by atoms with Gasteiger partial charge < -0.3 is 9.47 Å². The Bertz CT molecular complexity index is 1240. The van der Waals surface area contributed by atoms with E-state index < -0.39 is 0 Å². The van der Waals surface area contributed by atoms with Crippen molar-refractivity contribution in [1.82, 2.24) is 24.6 Å². The lowest BCUT2D eigenvalue weighted by atomic mass is 10.2. The highest BCUT2D eigenvalue weighted by molar-refractivity contribution is 9.10. The first kappa shape index (κ1) is 22.7. The monoisotopic (exact) mass is 511 g/mol. The molecule has 32 heavy (non-hydrogen) atoms. The quantitative estimate of drug-likeness (QED) is 0.291. The number of aromatic nitrogens is 4. The van der Waals surface area contributed by atoms with Crippen molar-refractivity contribution in [3.63, 3.8) is 0 Å². The number of nitrogens with zero attached hydrogens (tertiary/aromatic N) is 5. The van der Waals surface area contributed by atoms with Gasteiger partial charge in [0.15, 0.2) is 5.65 Å². The minimum absolute atomic E-state index is 0.126. The number of carbonyl (C=O) groups excluding carboxylic acids is 1. The number of halogens is 1. The van der Waals surface area contributed by atoms with Gasteiger partial charge in [0, 0.05) is 29.5 Å². The van der Waals surface area contributed by atoms with Crippen LogP contribution in [0.25, 0.3) is 22.1 Å². The van der Waals surface area contributed by atoms with E-state index in [2.05, 4.69) is 55.0 Å². The van der Waals surface area contributed by atoms with Crippen molar-refractivity contribution < 1.29 is 4.79 Å². The second-order valence-corrected chi connectivity index (χ2v) is 9.61. The first-order valence-electron chi connectivity index (χ1n) is 10.9. The Hall–Kier alpha value is -2.45. The van der Waals surface area contributed by atoms with Crippen LogP contribution in [-0.2, 0) is 11.3 Å². The molecule has 0 bridgehead atoms. The Labute approximate surface area is 200 Å². The summed E-state index contributed by atoms with van der Waals surface area (Å²) in [7, 11) is 0. The van der Waals surface area contributed by atoms with Crippen molar-refractivity contribution in [3.8, 4) is 0 Å². The lowest BCUT2D eigenvalue weighted by molar-refractivity contribution is -0.130. The maximum absolute atomic E-state index is 12.9. The van der Waals surface area contributed by atoms with Crippen LogP contribution in [0.5, 0.6) is 0 Å². The van der Waals surface area contributed by atoms with Gasteiger partial charge in [-0.2, -0.15) is 0 Å². The molecule has 0 saturated carbocycles. The van der Waals surface area contributed by atoms with E-state index in [1.54, 1.807) is 0 Å². The van der Waals surface area contributed by atoms with Gasteiger partial charge in [-0.05, 0) is 44.0 Å². The van der Waals surface area contributed by atoms with Gasteiger partial charge in [-0.3, -0.25) is 4.79 Å². The molecule has 1 atom stereocenters. The third-order valence-corrected chi connectivity index (χ3v) is 7.31. The molecule has 8 heteroatoms. The topological polar surface area (TPSA) is 63.9 Å². The van der Waals surface area contributed by atoms with Crippen LogP contribution >= 0.6 is 27.7 Å². The molecule has 0 N–H and O–H groups in total. The normalized spacial score (nSPS) is 12.4. The van der Waals surface area contributed by atoms with Gasteiger partial charge in [0.1, 0.15) is 5.52 Å². The number of benzene rings is 2. The van der Waals surface area contributed by atoms with E-state index in [9.17, 15) is 4.79 Å². The highest BCUT2D eigenvalue weighted by Gasteiger charge is 2.24. The summed E-state index contributed by atoms with van der Waals surface area (Å²) < 4.78 is 3.23. The Morgan fingerprint density at radius 3 is 2.47 bits per heavy atom. The zero-order valence-electron chi connectivity index (χ0n) is 18.5. The second-order valence-electron chi connectivity index (χ2n) is 7.52. The number of para-hydroxylation sites is 1. The molecule has 0 fully saturated rings. The summed E-state index contributed by atoms with van der Waals surface area (Å²) in [6.07, 6.45) is 0.712. The van der Waals surface area contributed by atoms with Crippen LogP contribution in [0.1, 0.15) is 32.8 Å². The SMILES string of the molecule is CCC(Sc1nnc2c3ccccc3n(Cc3ccc(Br)cc3)c2n1)C(=O)N(CC)CC. The number of hydrogen-bond acceptors (Lipinski definition) is 5. The predicted molar refractivity (Wildman–Crippen MR) is 134 cm³/mol. The average Bonchev–Trinajstić information content (AvgIpc) is 3.12. The summed E-state index contributed by atoms with van der Waals surface area (Å²) in [6.45, 7) is 8.11. The van der Waals surface area contributed by atoms with E-state index >= 15 is 0 Å². The van der Waals surface area contributed by atoms with Crippen LogP contribution in [-0.4, -0.2) is 48.9 Å². The predicted octanol–water partition coefficient (Wildman–Crippen LogP) is 5.53. The number of carbonyl (C=O) groups is 1. The third kappa shape index (κ3) is 4.52. The van der Waals surface area contributed by atoms with Crippen molar-refractivity contribution in [1.29, 1.82) is 0 Å². The molecule has 2 aromatic heterocycles. The van der Waals surface area contributed by atoms with E-state index in [0.717, 1.165) is 26.5 Å². The third-order valence-electron chi connectivity index (χ3n) is 5.58. The maximum Gasteiger partial charge on any atom is 0.236 e. The summed E-state index contributed by atoms with van der Waals surface area (Å²) in [5, 5.41) is 10.3. The molecular weight excluding hydrogens is 486 g/mol. The highest BCUT2D eigenvalue weighted by Crippen LogP contribution is 2.30. The van der Waals surface area contributed by atoms with Crippen molar-refractivity contribution in [2.45, 2.75) is 44.1 Å².